The van der Waals surface area contributed by atoms with Crippen molar-refractivity contribution in [3.63, 3.8) is 0 Å². The fourth-order valence-corrected chi connectivity index (χ4v) is 2.56. The lowest BCUT2D eigenvalue weighted by Crippen LogP contribution is -2.45. The van der Waals surface area contributed by atoms with Crippen LogP contribution in [0.4, 0.5) is 4.39 Å². The molecule has 1 aliphatic heterocycles. The molecule has 17 heavy (non-hydrogen) atoms. The second-order valence-corrected chi connectivity index (χ2v) is 4.78. The van der Waals surface area contributed by atoms with E-state index in [1.165, 1.54) is 6.07 Å². The number of hydrogen-bond donors (Lipinski definition) is 2. The topological polar surface area (TPSA) is 32.3 Å². The van der Waals surface area contributed by atoms with Gasteiger partial charge in [-0.3, -0.25) is 0 Å². The Bertz CT molecular complexity index is 369. The molecule has 0 amide bonds. The summed E-state index contributed by atoms with van der Waals surface area (Å²) >= 11 is 0. The van der Waals surface area contributed by atoms with Crippen LogP contribution in [0.2, 0.25) is 0 Å². The van der Waals surface area contributed by atoms with Crippen molar-refractivity contribution >= 4 is 0 Å². The maximum absolute atomic E-state index is 13.6. The average molecular weight is 237 g/mol. The van der Waals surface area contributed by atoms with Gasteiger partial charge in [0.25, 0.3) is 0 Å². The third-order valence-corrected chi connectivity index (χ3v) is 3.62. The zero-order valence-corrected chi connectivity index (χ0v) is 10.2. The van der Waals surface area contributed by atoms with Crippen molar-refractivity contribution in [3.05, 3.63) is 35.6 Å². The summed E-state index contributed by atoms with van der Waals surface area (Å²) in [6.45, 7) is 2.13. The highest BCUT2D eigenvalue weighted by Gasteiger charge is 2.27. The third-order valence-electron chi connectivity index (χ3n) is 3.62. The summed E-state index contributed by atoms with van der Waals surface area (Å²) in [4.78, 5) is 0. The van der Waals surface area contributed by atoms with E-state index in [1.807, 2.05) is 0 Å². The Morgan fingerprint density at radius 2 is 2.18 bits per heavy atom. The molecule has 0 aromatic heterocycles. The number of rotatable bonds is 3. The van der Waals surface area contributed by atoms with Crippen LogP contribution in [0.3, 0.4) is 0 Å². The lowest BCUT2D eigenvalue weighted by molar-refractivity contribution is 0.0974. The molecule has 2 nitrogen and oxygen atoms in total. The zero-order chi connectivity index (χ0) is 12.3. The summed E-state index contributed by atoms with van der Waals surface area (Å²) in [7, 11) is 0. The van der Waals surface area contributed by atoms with E-state index in [2.05, 4.69) is 12.2 Å². The lowest BCUT2D eigenvalue weighted by Gasteiger charge is -2.33. The minimum absolute atomic E-state index is 0.0226. The van der Waals surface area contributed by atoms with E-state index in [4.69, 9.17) is 0 Å². The zero-order valence-electron chi connectivity index (χ0n) is 10.2. The van der Waals surface area contributed by atoms with Crippen molar-refractivity contribution in [2.75, 3.05) is 0 Å². The molecule has 1 aromatic rings. The van der Waals surface area contributed by atoms with E-state index in [0.717, 1.165) is 25.7 Å². The molecule has 94 valence electrons. The van der Waals surface area contributed by atoms with Crippen LogP contribution >= 0.6 is 0 Å². The predicted octanol–water partition coefficient (Wildman–Crippen LogP) is 2.78. The molecular weight excluding hydrogens is 217 g/mol. The summed E-state index contributed by atoms with van der Waals surface area (Å²) < 4.78 is 13.6. The second kappa shape index (κ2) is 5.61. The molecule has 1 heterocycles. The SMILES string of the molecule is CC[C@H]1CCC[C@H]([C@@H](O)c2ccccc2F)N1. The van der Waals surface area contributed by atoms with Gasteiger partial charge >= 0.3 is 0 Å². The lowest BCUT2D eigenvalue weighted by atomic mass is 9.91. The molecule has 1 aromatic carbocycles. The van der Waals surface area contributed by atoms with Crippen molar-refractivity contribution in [1.82, 2.24) is 5.32 Å². The predicted molar refractivity (Wildman–Crippen MR) is 66.2 cm³/mol. The highest BCUT2D eigenvalue weighted by Crippen LogP contribution is 2.26. The van der Waals surface area contributed by atoms with Gasteiger partial charge in [0.2, 0.25) is 0 Å². The van der Waals surface area contributed by atoms with Crippen LogP contribution in [0.5, 0.6) is 0 Å². The molecule has 3 atom stereocenters. The molecule has 0 saturated carbocycles. The van der Waals surface area contributed by atoms with Crippen LogP contribution in [0.25, 0.3) is 0 Å². The fourth-order valence-electron chi connectivity index (χ4n) is 2.56. The first-order valence-electron chi connectivity index (χ1n) is 6.41. The van der Waals surface area contributed by atoms with Gasteiger partial charge in [-0.1, -0.05) is 31.5 Å². The Labute approximate surface area is 102 Å². The Kier molecular flexibility index (Phi) is 4.13. The quantitative estimate of drug-likeness (QED) is 0.847. The number of nitrogens with one attached hydrogen (secondary N) is 1. The first kappa shape index (κ1) is 12.5. The average Bonchev–Trinajstić information content (AvgIpc) is 2.38. The van der Waals surface area contributed by atoms with Crippen LogP contribution in [0.1, 0.15) is 44.3 Å². The summed E-state index contributed by atoms with van der Waals surface area (Å²) in [5.74, 6) is -0.319. The molecular formula is C14H20FNO. The molecule has 0 unspecified atom stereocenters. The maximum atomic E-state index is 13.6. The van der Waals surface area contributed by atoms with Crippen LogP contribution in [0.15, 0.2) is 24.3 Å². The first-order chi connectivity index (χ1) is 8.22. The Morgan fingerprint density at radius 1 is 1.41 bits per heavy atom. The van der Waals surface area contributed by atoms with Crippen LogP contribution in [-0.4, -0.2) is 17.2 Å². The van der Waals surface area contributed by atoms with Gasteiger partial charge in [-0.25, -0.2) is 4.39 Å². The molecule has 0 bridgehead atoms. The second-order valence-electron chi connectivity index (χ2n) is 4.78. The number of benzene rings is 1. The van der Waals surface area contributed by atoms with E-state index in [-0.39, 0.29) is 11.9 Å². The molecule has 0 aliphatic carbocycles. The summed E-state index contributed by atoms with van der Waals surface area (Å²) in [5.41, 5.74) is 0.404. The van der Waals surface area contributed by atoms with Gasteiger partial charge in [-0.2, -0.15) is 0 Å². The largest absolute Gasteiger partial charge is 0.387 e. The maximum Gasteiger partial charge on any atom is 0.129 e. The minimum atomic E-state index is -0.745. The van der Waals surface area contributed by atoms with Crippen LogP contribution < -0.4 is 5.32 Å². The Hall–Kier alpha value is -0.930. The highest BCUT2D eigenvalue weighted by atomic mass is 19.1. The molecule has 0 spiro atoms. The molecule has 2 rings (SSSR count). The van der Waals surface area contributed by atoms with Gasteiger partial charge < -0.3 is 10.4 Å². The Morgan fingerprint density at radius 3 is 2.88 bits per heavy atom. The number of piperidine rings is 1. The van der Waals surface area contributed by atoms with Gasteiger partial charge in [-0.05, 0) is 25.3 Å². The van der Waals surface area contributed by atoms with Crippen molar-refractivity contribution in [2.45, 2.75) is 50.8 Å². The minimum Gasteiger partial charge on any atom is -0.387 e. The monoisotopic (exact) mass is 237 g/mol. The van der Waals surface area contributed by atoms with Crippen molar-refractivity contribution in [3.8, 4) is 0 Å². The van der Waals surface area contributed by atoms with Gasteiger partial charge in [0, 0.05) is 17.6 Å². The molecule has 3 heteroatoms. The van der Waals surface area contributed by atoms with E-state index < -0.39 is 6.10 Å². The van der Waals surface area contributed by atoms with Crippen molar-refractivity contribution in [1.29, 1.82) is 0 Å². The molecule has 0 radical (unpaired) electrons. The van der Waals surface area contributed by atoms with E-state index in [9.17, 15) is 9.50 Å². The molecule has 1 saturated heterocycles. The van der Waals surface area contributed by atoms with Gasteiger partial charge in [0.1, 0.15) is 5.82 Å². The summed E-state index contributed by atoms with van der Waals surface area (Å²) in [6, 6.07) is 6.91. The standard InChI is InChI=1S/C14H20FNO/c1-2-10-6-5-9-13(16-10)14(17)11-7-3-4-8-12(11)15/h3-4,7-8,10,13-14,16-17H,2,5-6,9H2,1H3/t10-,13+,14-/m0/s1. The van der Waals surface area contributed by atoms with Gasteiger partial charge in [-0.15, -0.1) is 0 Å². The van der Waals surface area contributed by atoms with E-state index >= 15 is 0 Å². The highest BCUT2D eigenvalue weighted by molar-refractivity contribution is 5.21. The van der Waals surface area contributed by atoms with E-state index in [0.29, 0.717) is 11.6 Å². The third kappa shape index (κ3) is 2.85. The van der Waals surface area contributed by atoms with E-state index in [1.54, 1.807) is 18.2 Å². The summed E-state index contributed by atoms with van der Waals surface area (Å²) in [6.07, 6.45) is 3.47. The van der Waals surface area contributed by atoms with Crippen molar-refractivity contribution < 1.29 is 9.50 Å². The number of halogens is 1. The normalized spacial score (nSPS) is 26.8. The van der Waals surface area contributed by atoms with Crippen LogP contribution in [-0.2, 0) is 0 Å². The Balaban J connectivity index is 2.09. The summed E-state index contributed by atoms with van der Waals surface area (Å²) in [5, 5.41) is 13.6. The first-order valence-corrected chi connectivity index (χ1v) is 6.41. The van der Waals surface area contributed by atoms with Gasteiger partial charge in [0.15, 0.2) is 0 Å². The molecule has 1 aliphatic rings. The van der Waals surface area contributed by atoms with Gasteiger partial charge in [0.05, 0.1) is 6.10 Å². The number of aliphatic hydroxyl groups is 1. The van der Waals surface area contributed by atoms with Crippen LogP contribution in [0, 0.1) is 5.82 Å². The van der Waals surface area contributed by atoms with Crippen molar-refractivity contribution in [2.24, 2.45) is 0 Å². The molecule has 2 N–H and O–H groups in total. The smallest absolute Gasteiger partial charge is 0.129 e. The number of hydrogen-bond acceptors (Lipinski definition) is 2. The fraction of sp³-hybridized carbons (Fsp3) is 0.571. The molecule has 1 fully saturated rings. The number of aliphatic hydroxyl groups excluding tert-OH is 1.